The number of aromatic nitrogens is 1. The van der Waals surface area contributed by atoms with Crippen LogP contribution < -0.4 is 10.6 Å². The Bertz CT molecular complexity index is 656. The van der Waals surface area contributed by atoms with Gasteiger partial charge in [-0.3, -0.25) is 4.99 Å². The molecule has 2 rings (SSSR count). The maximum absolute atomic E-state index is 4.69. The Morgan fingerprint density at radius 3 is 2.29 bits per heavy atom. The van der Waals surface area contributed by atoms with E-state index in [1.54, 1.807) is 18.4 Å². The Hall–Kier alpha value is -1.15. The Morgan fingerprint density at radius 2 is 1.75 bits per heavy atom. The lowest BCUT2D eigenvalue weighted by atomic mass is 9.98. The van der Waals surface area contributed by atoms with Gasteiger partial charge in [-0.1, -0.05) is 50.6 Å². The number of nitrogens with one attached hydrogen (secondary N) is 2. The fraction of sp³-hybridized carbons (Fsp3) is 0.444. The van der Waals surface area contributed by atoms with Crippen molar-refractivity contribution in [2.75, 3.05) is 7.05 Å². The summed E-state index contributed by atoms with van der Waals surface area (Å²) in [5.41, 5.74) is 3.67. The standard InChI is InChI=1S/C18H26N4S.HI/c1-13-6-8-14(9-7-13)10-20-17(19-5)21-11-15-12-23-16(22-15)18(2,3)4;/h6-9,12H,10-11H2,1-5H3,(H2,19,20,21);1H. The highest BCUT2D eigenvalue weighted by molar-refractivity contribution is 14.0. The summed E-state index contributed by atoms with van der Waals surface area (Å²) in [7, 11) is 1.78. The molecule has 24 heavy (non-hydrogen) atoms. The van der Waals surface area contributed by atoms with Crippen molar-refractivity contribution in [3.63, 3.8) is 0 Å². The summed E-state index contributed by atoms with van der Waals surface area (Å²) in [5, 5.41) is 9.92. The van der Waals surface area contributed by atoms with Gasteiger partial charge in [-0.25, -0.2) is 4.98 Å². The van der Waals surface area contributed by atoms with Gasteiger partial charge >= 0.3 is 0 Å². The van der Waals surface area contributed by atoms with E-state index in [0.717, 1.165) is 23.2 Å². The van der Waals surface area contributed by atoms with E-state index in [1.165, 1.54) is 11.1 Å². The molecule has 0 aliphatic rings. The van der Waals surface area contributed by atoms with Gasteiger partial charge in [0, 0.05) is 24.4 Å². The van der Waals surface area contributed by atoms with Gasteiger partial charge in [0.05, 0.1) is 17.2 Å². The van der Waals surface area contributed by atoms with Crippen LogP contribution in [0.2, 0.25) is 0 Å². The molecule has 132 valence electrons. The van der Waals surface area contributed by atoms with Gasteiger partial charge in [0.2, 0.25) is 0 Å². The minimum absolute atomic E-state index is 0. The molecular weight excluding hydrogens is 431 g/mol. The molecule has 1 heterocycles. The zero-order chi connectivity index (χ0) is 16.9. The molecular formula is C18H27IN4S. The van der Waals surface area contributed by atoms with Crippen molar-refractivity contribution in [2.45, 2.75) is 46.2 Å². The van der Waals surface area contributed by atoms with E-state index < -0.39 is 0 Å². The molecule has 0 aliphatic heterocycles. The average molecular weight is 458 g/mol. The topological polar surface area (TPSA) is 49.3 Å². The van der Waals surface area contributed by atoms with Crippen LogP contribution in [0.1, 0.15) is 42.6 Å². The molecule has 0 saturated carbocycles. The number of thiazole rings is 1. The van der Waals surface area contributed by atoms with Crippen LogP contribution in [-0.4, -0.2) is 18.0 Å². The first kappa shape index (κ1) is 20.9. The van der Waals surface area contributed by atoms with Crippen molar-refractivity contribution in [3.8, 4) is 0 Å². The van der Waals surface area contributed by atoms with Crippen LogP contribution in [0.25, 0.3) is 0 Å². The predicted molar refractivity (Wildman–Crippen MR) is 114 cm³/mol. The smallest absolute Gasteiger partial charge is 0.191 e. The normalized spacial score (nSPS) is 11.8. The SMILES string of the molecule is CN=C(NCc1ccc(C)cc1)NCc1csc(C(C)(C)C)n1.I. The molecule has 0 amide bonds. The van der Waals surface area contributed by atoms with E-state index in [9.17, 15) is 0 Å². The third kappa shape index (κ3) is 6.39. The van der Waals surface area contributed by atoms with Crippen molar-refractivity contribution >= 4 is 41.3 Å². The van der Waals surface area contributed by atoms with Crippen molar-refractivity contribution in [2.24, 2.45) is 4.99 Å². The van der Waals surface area contributed by atoms with Crippen LogP contribution in [-0.2, 0) is 18.5 Å². The van der Waals surface area contributed by atoms with Gasteiger partial charge < -0.3 is 10.6 Å². The first-order valence-electron chi connectivity index (χ1n) is 7.83. The van der Waals surface area contributed by atoms with Crippen LogP contribution in [0, 0.1) is 6.92 Å². The number of aryl methyl sites for hydroxylation is 1. The molecule has 0 atom stereocenters. The summed E-state index contributed by atoms with van der Waals surface area (Å²) in [6.07, 6.45) is 0. The van der Waals surface area contributed by atoms with Gasteiger partial charge in [-0.15, -0.1) is 35.3 Å². The third-order valence-corrected chi connectivity index (χ3v) is 4.75. The molecule has 0 fully saturated rings. The Balaban J connectivity index is 0.00000288. The second kappa shape index (κ2) is 9.36. The molecule has 0 radical (unpaired) electrons. The van der Waals surface area contributed by atoms with E-state index in [0.29, 0.717) is 6.54 Å². The molecule has 0 bridgehead atoms. The summed E-state index contributed by atoms with van der Waals surface area (Å²) >= 11 is 1.72. The van der Waals surface area contributed by atoms with E-state index >= 15 is 0 Å². The lowest BCUT2D eigenvalue weighted by Crippen LogP contribution is -2.36. The van der Waals surface area contributed by atoms with E-state index in [1.807, 2.05) is 0 Å². The summed E-state index contributed by atoms with van der Waals surface area (Å²) in [4.78, 5) is 8.95. The van der Waals surface area contributed by atoms with Gasteiger partial charge in [0.1, 0.15) is 0 Å². The Kier molecular flexibility index (Phi) is 8.15. The number of benzene rings is 1. The van der Waals surface area contributed by atoms with Crippen LogP contribution >= 0.6 is 35.3 Å². The first-order valence-corrected chi connectivity index (χ1v) is 8.71. The summed E-state index contributed by atoms with van der Waals surface area (Å²) in [5.74, 6) is 0.788. The van der Waals surface area contributed by atoms with Gasteiger partial charge in [-0.05, 0) is 12.5 Å². The first-order chi connectivity index (χ1) is 10.9. The van der Waals surface area contributed by atoms with Crippen LogP contribution in [0.3, 0.4) is 0 Å². The van der Waals surface area contributed by atoms with Crippen molar-refractivity contribution < 1.29 is 0 Å². The molecule has 0 saturated heterocycles. The number of guanidine groups is 1. The van der Waals surface area contributed by atoms with E-state index in [2.05, 4.69) is 78.0 Å². The Labute approximate surface area is 166 Å². The predicted octanol–water partition coefficient (Wildman–Crippen LogP) is 4.23. The highest BCUT2D eigenvalue weighted by atomic mass is 127. The second-order valence-electron chi connectivity index (χ2n) is 6.66. The molecule has 2 aromatic rings. The van der Waals surface area contributed by atoms with E-state index in [-0.39, 0.29) is 29.4 Å². The largest absolute Gasteiger partial charge is 0.352 e. The summed E-state index contributed by atoms with van der Waals surface area (Å²) in [6.45, 7) is 10.1. The lowest BCUT2D eigenvalue weighted by Gasteiger charge is -2.14. The number of aliphatic imine (C=N–C) groups is 1. The summed E-state index contributed by atoms with van der Waals surface area (Å²) < 4.78 is 0. The van der Waals surface area contributed by atoms with Gasteiger partial charge in [0.15, 0.2) is 5.96 Å². The lowest BCUT2D eigenvalue weighted by molar-refractivity contribution is 0.582. The molecule has 1 aromatic carbocycles. The highest BCUT2D eigenvalue weighted by Crippen LogP contribution is 2.25. The number of rotatable bonds is 4. The van der Waals surface area contributed by atoms with Crippen molar-refractivity contribution in [1.29, 1.82) is 0 Å². The number of hydrogen-bond acceptors (Lipinski definition) is 3. The maximum Gasteiger partial charge on any atom is 0.191 e. The second-order valence-corrected chi connectivity index (χ2v) is 7.52. The van der Waals surface area contributed by atoms with Gasteiger partial charge in [0.25, 0.3) is 0 Å². The highest BCUT2D eigenvalue weighted by Gasteiger charge is 2.17. The zero-order valence-electron chi connectivity index (χ0n) is 15.0. The van der Waals surface area contributed by atoms with Gasteiger partial charge in [-0.2, -0.15) is 0 Å². The molecule has 4 nitrogen and oxygen atoms in total. The average Bonchev–Trinajstić information content (AvgIpc) is 2.98. The fourth-order valence-corrected chi connectivity index (χ4v) is 2.93. The fourth-order valence-electron chi connectivity index (χ4n) is 2.02. The van der Waals surface area contributed by atoms with Crippen LogP contribution in [0.15, 0.2) is 34.6 Å². The van der Waals surface area contributed by atoms with Crippen LogP contribution in [0.4, 0.5) is 0 Å². The van der Waals surface area contributed by atoms with Crippen molar-refractivity contribution in [3.05, 3.63) is 51.5 Å². The molecule has 0 unspecified atom stereocenters. The molecule has 2 N–H and O–H groups in total. The molecule has 0 aliphatic carbocycles. The molecule has 0 spiro atoms. The molecule has 6 heteroatoms. The number of halogens is 1. The quantitative estimate of drug-likeness (QED) is 0.410. The monoisotopic (exact) mass is 458 g/mol. The third-order valence-electron chi connectivity index (χ3n) is 3.43. The zero-order valence-corrected chi connectivity index (χ0v) is 18.2. The van der Waals surface area contributed by atoms with Crippen LogP contribution in [0.5, 0.6) is 0 Å². The number of nitrogens with zero attached hydrogens (tertiary/aromatic N) is 2. The minimum atomic E-state index is 0. The minimum Gasteiger partial charge on any atom is -0.352 e. The van der Waals surface area contributed by atoms with Crippen molar-refractivity contribution in [1.82, 2.24) is 15.6 Å². The number of hydrogen-bond donors (Lipinski definition) is 2. The molecule has 1 aromatic heterocycles. The van der Waals surface area contributed by atoms with E-state index in [4.69, 9.17) is 0 Å². The maximum atomic E-state index is 4.69. The Morgan fingerprint density at radius 1 is 1.12 bits per heavy atom. The summed E-state index contributed by atoms with van der Waals surface area (Å²) in [6, 6.07) is 8.50.